The van der Waals surface area contributed by atoms with Crippen LogP contribution in [0.15, 0.2) is 0 Å². The van der Waals surface area contributed by atoms with Crippen molar-refractivity contribution in [1.29, 1.82) is 0 Å². The SMILES string of the molecule is CCC(C)(C)SCCC[O]. The van der Waals surface area contributed by atoms with Gasteiger partial charge in [0.25, 0.3) is 0 Å². The van der Waals surface area contributed by atoms with Crippen LogP contribution in [-0.4, -0.2) is 17.1 Å². The molecule has 0 aromatic heterocycles. The molecule has 0 unspecified atom stereocenters. The van der Waals surface area contributed by atoms with E-state index in [-0.39, 0.29) is 6.61 Å². The predicted octanol–water partition coefficient (Wildman–Crippen LogP) is 2.73. The Balaban J connectivity index is 3.28. The lowest BCUT2D eigenvalue weighted by molar-refractivity contribution is 0.194. The van der Waals surface area contributed by atoms with Crippen molar-refractivity contribution >= 4 is 11.8 Å². The van der Waals surface area contributed by atoms with Crippen molar-refractivity contribution in [2.45, 2.75) is 38.4 Å². The summed E-state index contributed by atoms with van der Waals surface area (Å²) in [5.74, 6) is 1.02. The minimum atomic E-state index is 0.0762. The third kappa shape index (κ3) is 5.12. The van der Waals surface area contributed by atoms with Crippen LogP contribution < -0.4 is 0 Å². The fraction of sp³-hybridized carbons (Fsp3) is 1.00. The zero-order valence-corrected chi connectivity index (χ0v) is 7.96. The van der Waals surface area contributed by atoms with Crippen molar-refractivity contribution in [2.24, 2.45) is 0 Å². The van der Waals surface area contributed by atoms with Gasteiger partial charge in [-0.3, -0.25) is 0 Å². The van der Waals surface area contributed by atoms with Gasteiger partial charge in [-0.05, 0) is 18.6 Å². The van der Waals surface area contributed by atoms with E-state index < -0.39 is 0 Å². The van der Waals surface area contributed by atoms with Crippen LogP contribution in [0.4, 0.5) is 0 Å². The standard InChI is InChI=1S/C8H17OS/c1-4-8(2,3)10-7-5-6-9/h4-7H2,1-3H3. The Kier molecular flexibility index (Phi) is 5.18. The summed E-state index contributed by atoms with van der Waals surface area (Å²) in [6.07, 6.45) is 1.99. The van der Waals surface area contributed by atoms with E-state index in [1.165, 1.54) is 6.42 Å². The highest BCUT2D eigenvalue weighted by atomic mass is 32.2. The van der Waals surface area contributed by atoms with Gasteiger partial charge in [0.1, 0.15) is 0 Å². The van der Waals surface area contributed by atoms with Gasteiger partial charge >= 0.3 is 0 Å². The minimum Gasteiger partial charge on any atom is -0.237 e. The van der Waals surface area contributed by atoms with Crippen LogP contribution >= 0.6 is 11.8 Å². The highest BCUT2D eigenvalue weighted by molar-refractivity contribution is 8.00. The van der Waals surface area contributed by atoms with Gasteiger partial charge < -0.3 is 0 Å². The van der Waals surface area contributed by atoms with Gasteiger partial charge in [-0.1, -0.05) is 20.8 Å². The van der Waals surface area contributed by atoms with Gasteiger partial charge in [-0.2, -0.15) is 11.8 Å². The van der Waals surface area contributed by atoms with Crippen LogP contribution in [-0.2, 0) is 5.11 Å². The molecule has 0 bridgehead atoms. The molecule has 0 aliphatic carbocycles. The largest absolute Gasteiger partial charge is 0.237 e. The molecular formula is C8H17OS. The molecule has 0 saturated heterocycles. The first-order chi connectivity index (χ1) is 4.62. The molecule has 0 fully saturated rings. The molecule has 0 amide bonds. The van der Waals surface area contributed by atoms with E-state index in [2.05, 4.69) is 20.8 Å². The minimum absolute atomic E-state index is 0.0762. The van der Waals surface area contributed by atoms with Crippen molar-refractivity contribution in [3.05, 3.63) is 0 Å². The fourth-order valence-electron chi connectivity index (χ4n) is 0.509. The van der Waals surface area contributed by atoms with Gasteiger partial charge in [0.2, 0.25) is 0 Å². The van der Waals surface area contributed by atoms with E-state index >= 15 is 0 Å². The Morgan fingerprint density at radius 3 is 2.40 bits per heavy atom. The summed E-state index contributed by atoms with van der Waals surface area (Å²) in [5, 5.41) is 10.1. The monoisotopic (exact) mass is 161 g/mol. The van der Waals surface area contributed by atoms with Crippen molar-refractivity contribution in [1.82, 2.24) is 0 Å². The number of hydrogen-bond donors (Lipinski definition) is 0. The first kappa shape index (κ1) is 10.3. The van der Waals surface area contributed by atoms with Crippen molar-refractivity contribution in [3.63, 3.8) is 0 Å². The number of rotatable bonds is 5. The summed E-state index contributed by atoms with van der Waals surface area (Å²) in [6.45, 7) is 6.71. The first-order valence-electron chi connectivity index (χ1n) is 3.84. The smallest absolute Gasteiger partial charge is 0.0830 e. The molecule has 61 valence electrons. The Morgan fingerprint density at radius 1 is 1.40 bits per heavy atom. The Hall–Kier alpha value is 0.310. The molecule has 0 saturated carbocycles. The molecular weight excluding hydrogens is 144 g/mol. The molecule has 0 spiro atoms. The van der Waals surface area contributed by atoms with Crippen LogP contribution in [0.5, 0.6) is 0 Å². The Bertz CT molecular complexity index is 81.3. The molecule has 1 nitrogen and oxygen atoms in total. The third-order valence-electron chi connectivity index (χ3n) is 1.63. The van der Waals surface area contributed by atoms with Gasteiger partial charge in [-0.25, -0.2) is 5.11 Å². The summed E-state index contributed by atoms with van der Waals surface area (Å²) < 4.78 is 0.370. The highest BCUT2D eigenvalue weighted by Gasteiger charge is 2.13. The molecule has 1 radical (unpaired) electrons. The fourth-order valence-corrected chi connectivity index (χ4v) is 1.53. The normalized spacial score (nSPS) is 12.0. The molecule has 0 aromatic rings. The lowest BCUT2D eigenvalue weighted by atomic mass is 10.1. The molecule has 0 aromatic carbocycles. The van der Waals surface area contributed by atoms with Crippen LogP contribution in [0.25, 0.3) is 0 Å². The highest BCUT2D eigenvalue weighted by Crippen LogP contribution is 2.27. The van der Waals surface area contributed by atoms with Crippen molar-refractivity contribution in [2.75, 3.05) is 12.4 Å². The topological polar surface area (TPSA) is 19.9 Å². The van der Waals surface area contributed by atoms with Gasteiger partial charge in [0.15, 0.2) is 0 Å². The predicted molar refractivity (Wildman–Crippen MR) is 47.0 cm³/mol. The van der Waals surface area contributed by atoms with E-state index in [9.17, 15) is 5.11 Å². The maximum absolute atomic E-state index is 10.1. The van der Waals surface area contributed by atoms with E-state index in [0.717, 1.165) is 12.2 Å². The second kappa shape index (κ2) is 5.03. The third-order valence-corrected chi connectivity index (χ3v) is 3.20. The van der Waals surface area contributed by atoms with Crippen LogP contribution in [0.3, 0.4) is 0 Å². The van der Waals surface area contributed by atoms with Gasteiger partial charge in [0, 0.05) is 4.75 Å². The maximum Gasteiger partial charge on any atom is 0.0830 e. The lowest BCUT2D eigenvalue weighted by Crippen LogP contribution is -2.13. The summed E-state index contributed by atoms with van der Waals surface area (Å²) in [5.41, 5.74) is 0. The summed E-state index contributed by atoms with van der Waals surface area (Å²) in [6, 6.07) is 0. The second-order valence-electron chi connectivity index (χ2n) is 3.02. The van der Waals surface area contributed by atoms with E-state index in [0.29, 0.717) is 4.75 Å². The van der Waals surface area contributed by atoms with Crippen molar-refractivity contribution < 1.29 is 5.11 Å². The molecule has 0 N–H and O–H groups in total. The lowest BCUT2D eigenvalue weighted by Gasteiger charge is -2.21. The Labute approximate surface area is 68.2 Å². The molecule has 0 aliphatic rings. The first-order valence-corrected chi connectivity index (χ1v) is 4.83. The summed E-state index contributed by atoms with van der Waals surface area (Å²) >= 11 is 1.90. The molecule has 0 atom stereocenters. The second-order valence-corrected chi connectivity index (χ2v) is 4.82. The number of hydrogen-bond acceptors (Lipinski definition) is 1. The van der Waals surface area contributed by atoms with E-state index in [4.69, 9.17) is 0 Å². The van der Waals surface area contributed by atoms with E-state index in [1.807, 2.05) is 11.8 Å². The zero-order chi connectivity index (χ0) is 8.04. The average molecular weight is 161 g/mol. The molecule has 2 heteroatoms. The van der Waals surface area contributed by atoms with Gasteiger partial charge in [0.05, 0.1) is 6.61 Å². The van der Waals surface area contributed by atoms with Crippen LogP contribution in [0.1, 0.15) is 33.6 Å². The van der Waals surface area contributed by atoms with E-state index in [1.54, 1.807) is 0 Å². The Morgan fingerprint density at radius 2 is 2.00 bits per heavy atom. The van der Waals surface area contributed by atoms with Crippen LogP contribution in [0, 0.1) is 0 Å². The molecule has 0 aliphatic heterocycles. The van der Waals surface area contributed by atoms with Crippen LogP contribution in [0.2, 0.25) is 0 Å². The summed E-state index contributed by atoms with van der Waals surface area (Å²) in [4.78, 5) is 0. The number of thioether (sulfide) groups is 1. The molecule has 0 heterocycles. The summed E-state index contributed by atoms with van der Waals surface area (Å²) in [7, 11) is 0. The molecule has 0 rings (SSSR count). The average Bonchev–Trinajstić information content (AvgIpc) is 1.89. The van der Waals surface area contributed by atoms with Crippen molar-refractivity contribution in [3.8, 4) is 0 Å². The quantitative estimate of drug-likeness (QED) is 0.568. The van der Waals surface area contributed by atoms with Gasteiger partial charge in [-0.15, -0.1) is 0 Å². The maximum atomic E-state index is 10.1. The molecule has 10 heavy (non-hydrogen) atoms. The zero-order valence-electron chi connectivity index (χ0n) is 7.14.